The van der Waals surface area contributed by atoms with E-state index in [-0.39, 0.29) is 0 Å². The lowest BCUT2D eigenvalue weighted by Crippen LogP contribution is -2.09. The van der Waals surface area contributed by atoms with Gasteiger partial charge in [0.05, 0.1) is 0 Å². The summed E-state index contributed by atoms with van der Waals surface area (Å²) in [7, 11) is 1.50. The molecule has 0 aliphatic heterocycles. The maximum Gasteiger partial charge on any atom is 0.0189 e. The minimum atomic E-state index is 0.657. The second kappa shape index (κ2) is 10.1. The quantitative estimate of drug-likeness (QED) is 0.732. The minimum Gasteiger partial charge on any atom is -0.333 e. The van der Waals surface area contributed by atoms with Crippen molar-refractivity contribution in [1.82, 2.24) is 0 Å². The lowest BCUT2D eigenvalue weighted by molar-refractivity contribution is 0.625. The zero-order valence-corrected chi connectivity index (χ0v) is 14.5. The van der Waals surface area contributed by atoms with Gasteiger partial charge in [-0.25, -0.2) is 0 Å². The summed E-state index contributed by atoms with van der Waals surface area (Å²) in [6.07, 6.45) is 7.21. The van der Waals surface area contributed by atoms with Crippen LogP contribution in [-0.2, 0) is 6.42 Å². The van der Waals surface area contributed by atoms with Gasteiger partial charge in [0.15, 0.2) is 0 Å². The van der Waals surface area contributed by atoms with E-state index in [1.165, 1.54) is 37.4 Å². The third-order valence-electron chi connectivity index (χ3n) is 3.77. The van der Waals surface area contributed by atoms with E-state index in [2.05, 4.69) is 61.5 Å². The molecule has 0 radical (unpaired) electrons. The first-order valence-corrected chi connectivity index (χ1v) is 8.59. The summed E-state index contributed by atoms with van der Waals surface area (Å²) < 4.78 is 0. The summed E-state index contributed by atoms with van der Waals surface area (Å²) in [5, 5.41) is 2.25. The summed E-state index contributed by atoms with van der Waals surface area (Å²) in [5.74, 6) is 0.657. The fourth-order valence-corrected chi connectivity index (χ4v) is 3.87. The summed E-state index contributed by atoms with van der Waals surface area (Å²) >= 11 is 1.94. The molecule has 1 aliphatic rings. The number of thiophene rings is 1. The summed E-state index contributed by atoms with van der Waals surface area (Å²) in [4.78, 5) is 1.61. The molecule has 0 bridgehead atoms. The van der Waals surface area contributed by atoms with Gasteiger partial charge in [-0.05, 0) is 61.4 Å². The van der Waals surface area contributed by atoms with E-state index in [0.717, 1.165) is 0 Å². The summed E-state index contributed by atoms with van der Waals surface area (Å²) in [6, 6.07) is 11.2. The van der Waals surface area contributed by atoms with Gasteiger partial charge >= 0.3 is 0 Å². The predicted molar refractivity (Wildman–Crippen MR) is 101 cm³/mol. The highest BCUT2D eigenvalue weighted by molar-refractivity contribution is 7.10. The molecule has 1 heterocycles. The molecule has 2 N–H and O–H groups in total. The maximum atomic E-state index is 4.50. The Balaban J connectivity index is 0.000000354. The zero-order valence-electron chi connectivity index (χ0n) is 13.7. The molecule has 1 aromatic carbocycles. The van der Waals surface area contributed by atoms with Crippen LogP contribution in [-0.4, -0.2) is 7.05 Å². The van der Waals surface area contributed by atoms with Crippen molar-refractivity contribution in [2.24, 2.45) is 5.73 Å². The molecule has 0 saturated heterocycles. The fraction of sp³-hybridized carbons (Fsp3) is 0.300. The van der Waals surface area contributed by atoms with E-state index in [9.17, 15) is 0 Å². The van der Waals surface area contributed by atoms with Crippen LogP contribution in [0.15, 0.2) is 61.0 Å². The molecule has 0 amide bonds. The Kier molecular flexibility index (Phi) is 8.49. The second-order valence-corrected chi connectivity index (χ2v) is 6.03. The maximum absolute atomic E-state index is 4.50. The average molecular weight is 314 g/mol. The van der Waals surface area contributed by atoms with E-state index < -0.39 is 0 Å². The van der Waals surface area contributed by atoms with Crippen LogP contribution in [0.2, 0.25) is 0 Å². The van der Waals surface area contributed by atoms with Crippen LogP contribution in [0.1, 0.15) is 40.3 Å². The lowest BCUT2D eigenvalue weighted by Gasteiger charge is -2.24. The Bertz CT molecular complexity index is 577. The van der Waals surface area contributed by atoms with Crippen molar-refractivity contribution in [3.63, 3.8) is 0 Å². The summed E-state index contributed by atoms with van der Waals surface area (Å²) in [6.45, 7) is 8.96. The van der Waals surface area contributed by atoms with Gasteiger partial charge in [0, 0.05) is 10.8 Å². The van der Waals surface area contributed by atoms with Gasteiger partial charge < -0.3 is 5.73 Å². The number of rotatable bonds is 2. The molecular weight excluding hydrogens is 286 g/mol. The van der Waals surface area contributed by atoms with Gasteiger partial charge in [-0.1, -0.05) is 49.6 Å². The van der Waals surface area contributed by atoms with Crippen LogP contribution >= 0.6 is 11.3 Å². The first kappa shape index (κ1) is 18.4. The molecule has 1 atom stereocenters. The highest BCUT2D eigenvalue weighted by atomic mass is 32.1. The molecule has 118 valence electrons. The topological polar surface area (TPSA) is 26.0 Å². The monoisotopic (exact) mass is 313 g/mol. The molecule has 3 rings (SSSR count). The first-order chi connectivity index (χ1) is 10.8. The number of fused-ring (bicyclic) bond motifs is 1. The SMILES string of the molecule is C=CC=C.CN.Cc1ccccc1C1CCCc2ccsc21. The second-order valence-electron chi connectivity index (χ2n) is 5.08. The van der Waals surface area contributed by atoms with Crippen molar-refractivity contribution in [3.05, 3.63) is 82.6 Å². The standard InChI is InChI=1S/C15H16S.C4H6.CH5N/c1-11-5-2-3-7-13(11)14-8-4-6-12-9-10-16-15(12)14;1-3-4-2;1-2/h2-3,5,7,9-10,14H,4,6,8H2,1H3;3-4H,1-2H2;2H2,1H3. The van der Waals surface area contributed by atoms with E-state index in [1.807, 2.05) is 11.3 Å². The number of nitrogens with two attached hydrogens (primary N) is 1. The van der Waals surface area contributed by atoms with Crippen LogP contribution in [0.5, 0.6) is 0 Å². The van der Waals surface area contributed by atoms with Crippen LogP contribution in [0.3, 0.4) is 0 Å². The van der Waals surface area contributed by atoms with Crippen molar-refractivity contribution in [2.45, 2.75) is 32.1 Å². The molecule has 2 heteroatoms. The van der Waals surface area contributed by atoms with E-state index >= 15 is 0 Å². The average Bonchev–Trinajstić information content (AvgIpc) is 3.06. The van der Waals surface area contributed by atoms with Crippen LogP contribution in [0.4, 0.5) is 0 Å². The number of allylic oxidation sites excluding steroid dienone is 2. The molecule has 22 heavy (non-hydrogen) atoms. The molecule has 0 spiro atoms. The first-order valence-electron chi connectivity index (χ1n) is 7.71. The molecule has 0 saturated carbocycles. The van der Waals surface area contributed by atoms with Crippen molar-refractivity contribution < 1.29 is 0 Å². The molecule has 1 nitrogen and oxygen atoms in total. The molecule has 1 unspecified atom stereocenters. The van der Waals surface area contributed by atoms with Crippen molar-refractivity contribution in [3.8, 4) is 0 Å². The number of hydrogen-bond donors (Lipinski definition) is 1. The Morgan fingerprint density at radius 1 is 1.14 bits per heavy atom. The number of hydrogen-bond acceptors (Lipinski definition) is 2. The lowest BCUT2D eigenvalue weighted by atomic mass is 9.83. The van der Waals surface area contributed by atoms with Crippen LogP contribution < -0.4 is 5.73 Å². The highest BCUT2D eigenvalue weighted by Crippen LogP contribution is 2.40. The number of aryl methyl sites for hydroxylation is 2. The Morgan fingerprint density at radius 3 is 2.45 bits per heavy atom. The van der Waals surface area contributed by atoms with Crippen molar-refractivity contribution in [2.75, 3.05) is 7.05 Å². The smallest absolute Gasteiger partial charge is 0.0189 e. The minimum absolute atomic E-state index is 0.657. The Morgan fingerprint density at radius 2 is 1.82 bits per heavy atom. The van der Waals surface area contributed by atoms with E-state index in [0.29, 0.717) is 5.92 Å². The van der Waals surface area contributed by atoms with Crippen molar-refractivity contribution in [1.29, 1.82) is 0 Å². The highest BCUT2D eigenvalue weighted by Gasteiger charge is 2.23. The zero-order chi connectivity index (χ0) is 16.4. The molecule has 1 aliphatic carbocycles. The van der Waals surface area contributed by atoms with Gasteiger partial charge in [-0.2, -0.15) is 0 Å². The Labute approximate surface area is 139 Å². The molecular formula is C20H27NS. The summed E-state index contributed by atoms with van der Waals surface area (Å²) in [5.41, 5.74) is 9.06. The molecule has 2 aromatic rings. The third-order valence-corrected chi connectivity index (χ3v) is 4.84. The van der Waals surface area contributed by atoms with E-state index in [4.69, 9.17) is 0 Å². The van der Waals surface area contributed by atoms with Gasteiger partial charge in [0.25, 0.3) is 0 Å². The van der Waals surface area contributed by atoms with Gasteiger partial charge in [0.1, 0.15) is 0 Å². The number of benzene rings is 1. The predicted octanol–water partition coefficient (Wildman–Crippen LogP) is 5.46. The van der Waals surface area contributed by atoms with Gasteiger partial charge in [-0.3, -0.25) is 0 Å². The third kappa shape index (κ3) is 4.69. The van der Waals surface area contributed by atoms with Crippen molar-refractivity contribution >= 4 is 11.3 Å². The van der Waals surface area contributed by atoms with Gasteiger partial charge in [-0.15, -0.1) is 11.3 Å². The van der Waals surface area contributed by atoms with Gasteiger partial charge in [0.2, 0.25) is 0 Å². The Hall–Kier alpha value is -1.64. The van der Waals surface area contributed by atoms with E-state index in [1.54, 1.807) is 22.6 Å². The largest absolute Gasteiger partial charge is 0.333 e. The normalized spacial score (nSPS) is 15.3. The molecule has 1 aromatic heterocycles. The van der Waals surface area contributed by atoms with Crippen LogP contribution in [0, 0.1) is 6.92 Å². The van der Waals surface area contributed by atoms with Crippen LogP contribution in [0.25, 0.3) is 0 Å². The fourth-order valence-electron chi connectivity index (χ4n) is 2.76. The molecule has 0 fully saturated rings.